The van der Waals surface area contributed by atoms with Crippen LogP contribution in [0, 0.1) is 0 Å². The van der Waals surface area contributed by atoms with E-state index in [0.29, 0.717) is 31.9 Å². The average molecular weight is 425 g/mol. The number of pyridine rings is 1. The number of likely N-dealkylation sites (tertiary alicyclic amines) is 1. The highest BCUT2D eigenvalue weighted by molar-refractivity contribution is 6.28. The lowest BCUT2D eigenvalue weighted by molar-refractivity contribution is 0.0691. The number of halogens is 1. The van der Waals surface area contributed by atoms with Crippen molar-refractivity contribution in [2.24, 2.45) is 0 Å². The lowest BCUT2D eigenvalue weighted by atomic mass is 10.0. The molecule has 0 atom stereocenters. The molecule has 8 nitrogen and oxygen atoms in total. The van der Waals surface area contributed by atoms with Crippen molar-refractivity contribution >= 4 is 34.1 Å². The number of carbonyl (C=O) groups excluding carboxylic acids is 1. The van der Waals surface area contributed by atoms with Gasteiger partial charge in [-0.3, -0.25) is 9.78 Å². The molecule has 0 radical (unpaired) electrons. The lowest BCUT2D eigenvalue weighted by Gasteiger charge is -2.32. The quantitative estimate of drug-likeness (QED) is 0.600. The van der Waals surface area contributed by atoms with E-state index in [4.69, 9.17) is 16.3 Å². The zero-order valence-corrected chi connectivity index (χ0v) is 17.1. The molecular weight excluding hydrogens is 404 g/mol. The first-order valence-electron chi connectivity index (χ1n) is 10.1. The second kappa shape index (κ2) is 8.12. The van der Waals surface area contributed by atoms with Gasteiger partial charge in [0.15, 0.2) is 5.65 Å². The number of carbonyl (C=O) groups is 1. The number of ether oxygens (including phenoxy) is 1. The van der Waals surface area contributed by atoms with Crippen molar-refractivity contribution < 1.29 is 9.53 Å². The molecule has 0 aliphatic carbocycles. The summed E-state index contributed by atoms with van der Waals surface area (Å²) in [5, 5.41) is 5.75. The molecule has 0 unspecified atom stereocenters. The van der Waals surface area contributed by atoms with Crippen LogP contribution in [0.1, 0.15) is 41.4 Å². The van der Waals surface area contributed by atoms with Crippen LogP contribution in [0.5, 0.6) is 0 Å². The fraction of sp³-hybridized carbons (Fsp3) is 0.381. The summed E-state index contributed by atoms with van der Waals surface area (Å²) in [6.45, 7) is 2.57. The van der Waals surface area contributed by atoms with Crippen molar-refractivity contribution in [1.29, 1.82) is 0 Å². The van der Waals surface area contributed by atoms with Gasteiger partial charge < -0.3 is 9.64 Å². The minimum atomic E-state index is 0.0194. The van der Waals surface area contributed by atoms with Crippen molar-refractivity contribution in [2.45, 2.75) is 25.3 Å². The van der Waals surface area contributed by atoms with Crippen molar-refractivity contribution in [3.8, 4) is 0 Å². The Morgan fingerprint density at radius 2 is 2.07 bits per heavy atom. The van der Waals surface area contributed by atoms with E-state index in [9.17, 15) is 4.79 Å². The van der Waals surface area contributed by atoms with Crippen molar-refractivity contribution in [3.05, 3.63) is 53.3 Å². The molecule has 1 fully saturated rings. The lowest BCUT2D eigenvalue weighted by Crippen LogP contribution is -2.39. The van der Waals surface area contributed by atoms with E-state index >= 15 is 0 Å². The van der Waals surface area contributed by atoms with Crippen LogP contribution in [-0.4, -0.2) is 61.8 Å². The summed E-state index contributed by atoms with van der Waals surface area (Å²) in [4.78, 5) is 27.5. The summed E-state index contributed by atoms with van der Waals surface area (Å²) < 4.78 is 7.36. The second-order valence-corrected chi connectivity index (χ2v) is 7.83. The number of amides is 1. The Morgan fingerprint density at radius 3 is 2.80 bits per heavy atom. The number of rotatable bonds is 3. The smallest absolute Gasteiger partial charge is 0.255 e. The zero-order valence-electron chi connectivity index (χ0n) is 16.4. The maximum atomic E-state index is 12.7. The predicted molar refractivity (Wildman–Crippen MR) is 112 cm³/mol. The van der Waals surface area contributed by atoms with Gasteiger partial charge in [-0.2, -0.15) is 10.1 Å². The summed E-state index contributed by atoms with van der Waals surface area (Å²) in [6.07, 6.45) is 9.55. The van der Waals surface area contributed by atoms with E-state index in [2.05, 4.69) is 20.1 Å². The van der Waals surface area contributed by atoms with E-state index in [1.807, 2.05) is 21.9 Å². The molecule has 2 aliphatic heterocycles. The summed E-state index contributed by atoms with van der Waals surface area (Å²) in [7, 11) is 0. The fourth-order valence-electron chi connectivity index (χ4n) is 4.14. The predicted octanol–water partition coefficient (Wildman–Crippen LogP) is 3.16. The Morgan fingerprint density at radius 1 is 1.20 bits per heavy atom. The van der Waals surface area contributed by atoms with Gasteiger partial charge in [-0.25, -0.2) is 9.67 Å². The van der Waals surface area contributed by atoms with Gasteiger partial charge in [0.1, 0.15) is 0 Å². The normalized spacial score (nSPS) is 17.9. The number of piperidine rings is 1. The third kappa shape index (κ3) is 3.57. The largest absolute Gasteiger partial charge is 0.377 e. The molecule has 3 aromatic heterocycles. The molecule has 1 amide bonds. The fourth-order valence-corrected chi connectivity index (χ4v) is 4.30. The number of hydrogen-bond acceptors (Lipinski definition) is 6. The van der Waals surface area contributed by atoms with E-state index < -0.39 is 0 Å². The molecular formula is C21H21ClN6O2. The van der Waals surface area contributed by atoms with E-state index in [0.717, 1.165) is 41.6 Å². The SMILES string of the molecule is O=C(c1cccnc1)N1CCC(n2ncc3c(C4=CCOCC4)nc(Cl)nc32)CC1. The molecule has 3 aromatic rings. The Hall–Kier alpha value is -2.84. The first kappa shape index (κ1) is 19.1. The summed E-state index contributed by atoms with van der Waals surface area (Å²) in [5.41, 5.74) is 3.32. The molecule has 9 heteroatoms. The van der Waals surface area contributed by atoms with Crippen LogP contribution in [0.4, 0.5) is 0 Å². The van der Waals surface area contributed by atoms with Gasteiger partial charge in [0, 0.05) is 25.5 Å². The maximum absolute atomic E-state index is 12.7. The molecule has 1 saturated heterocycles. The summed E-state index contributed by atoms with van der Waals surface area (Å²) in [5.74, 6) is 0.0194. The number of nitrogens with zero attached hydrogens (tertiary/aromatic N) is 6. The first-order chi connectivity index (χ1) is 14.7. The third-order valence-corrected chi connectivity index (χ3v) is 5.87. The van der Waals surface area contributed by atoms with Crippen LogP contribution in [0.25, 0.3) is 16.6 Å². The molecule has 0 saturated carbocycles. The van der Waals surface area contributed by atoms with Crippen LogP contribution < -0.4 is 0 Å². The van der Waals surface area contributed by atoms with Crippen LogP contribution in [0.15, 0.2) is 36.8 Å². The average Bonchev–Trinajstić information content (AvgIpc) is 3.23. The Balaban J connectivity index is 1.38. The highest BCUT2D eigenvalue weighted by Crippen LogP contribution is 2.31. The molecule has 0 N–H and O–H groups in total. The Bertz CT molecular complexity index is 1110. The van der Waals surface area contributed by atoms with Gasteiger partial charge >= 0.3 is 0 Å². The van der Waals surface area contributed by atoms with Gasteiger partial charge in [0.2, 0.25) is 5.28 Å². The van der Waals surface area contributed by atoms with Crippen molar-refractivity contribution in [3.63, 3.8) is 0 Å². The second-order valence-electron chi connectivity index (χ2n) is 7.49. The van der Waals surface area contributed by atoms with Gasteiger partial charge in [0.25, 0.3) is 5.91 Å². The number of fused-ring (bicyclic) bond motifs is 1. The minimum Gasteiger partial charge on any atom is -0.377 e. The molecule has 5 rings (SSSR count). The highest BCUT2D eigenvalue weighted by Gasteiger charge is 2.27. The van der Waals surface area contributed by atoms with Gasteiger partial charge in [-0.15, -0.1) is 0 Å². The summed E-state index contributed by atoms with van der Waals surface area (Å²) in [6, 6.07) is 3.74. The highest BCUT2D eigenvalue weighted by atomic mass is 35.5. The molecule has 2 aliphatic rings. The monoisotopic (exact) mass is 424 g/mol. The molecule has 30 heavy (non-hydrogen) atoms. The van der Waals surface area contributed by atoms with Crippen LogP contribution in [0.3, 0.4) is 0 Å². The molecule has 0 bridgehead atoms. The molecule has 0 spiro atoms. The van der Waals surface area contributed by atoms with Crippen LogP contribution in [0.2, 0.25) is 5.28 Å². The van der Waals surface area contributed by atoms with Gasteiger partial charge in [-0.05, 0) is 48.6 Å². The molecule has 154 valence electrons. The molecule has 0 aromatic carbocycles. The Kier molecular flexibility index (Phi) is 5.18. The van der Waals surface area contributed by atoms with E-state index in [-0.39, 0.29) is 17.2 Å². The van der Waals surface area contributed by atoms with Gasteiger partial charge in [0.05, 0.1) is 42.1 Å². The zero-order chi connectivity index (χ0) is 20.5. The first-order valence-corrected chi connectivity index (χ1v) is 10.5. The van der Waals surface area contributed by atoms with Crippen LogP contribution >= 0.6 is 11.6 Å². The Labute approximate surface area is 178 Å². The number of hydrogen-bond donors (Lipinski definition) is 0. The van der Waals surface area contributed by atoms with Crippen LogP contribution in [-0.2, 0) is 4.74 Å². The minimum absolute atomic E-state index is 0.0194. The van der Waals surface area contributed by atoms with E-state index in [1.165, 1.54) is 0 Å². The summed E-state index contributed by atoms with van der Waals surface area (Å²) >= 11 is 6.26. The topological polar surface area (TPSA) is 86.0 Å². The van der Waals surface area contributed by atoms with Gasteiger partial charge in [-0.1, -0.05) is 6.08 Å². The molecule has 5 heterocycles. The van der Waals surface area contributed by atoms with Crippen molar-refractivity contribution in [1.82, 2.24) is 29.6 Å². The number of aromatic nitrogens is 5. The maximum Gasteiger partial charge on any atom is 0.255 e. The van der Waals surface area contributed by atoms with Crippen molar-refractivity contribution in [2.75, 3.05) is 26.3 Å². The third-order valence-electron chi connectivity index (χ3n) is 5.70. The van der Waals surface area contributed by atoms with E-state index in [1.54, 1.807) is 24.5 Å². The standard InChI is InChI=1S/C21H21ClN6O2/c22-21-25-18(14-5-10-30-11-6-14)17-13-24-28(19(17)26-21)16-3-8-27(9-4-16)20(29)15-2-1-7-23-12-15/h1-2,5,7,12-13,16H,3-4,6,8-11H2.